The lowest BCUT2D eigenvalue weighted by Crippen LogP contribution is -2.49. The number of rotatable bonds is 10. The van der Waals surface area contributed by atoms with E-state index < -0.39 is 0 Å². The van der Waals surface area contributed by atoms with Crippen LogP contribution in [0, 0.1) is 11.2 Å². The van der Waals surface area contributed by atoms with E-state index in [1.165, 1.54) is 12.5 Å². The second kappa shape index (κ2) is 15.1. The van der Waals surface area contributed by atoms with Gasteiger partial charge in [0.25, 0.3) is 0 Å². The second-order valence-corrected chi connectivity index (χ2v) is 12.8. The van der Waals surface area contributed by atoms with Crippen LogP contribution in [0.4, 0.5) is 4.39 Å². The summed E-state index contributed by atoms with van der Waals surface area (Å²) in [6.45, 7) is 28.9. The van der Waals surface area contributed by atoms with Gasteiger partial charge in [-0.1, -0.05) is 59.9 Å². The van der Waals surface area contributed by atoms with Crippen molar-refractivity contribution in [1.29, 1.82) is 0 Å². The highest BCUT2D eigenvalue weighted by Crippen LogP contribution is 2.44. The highest BCUT2D eigenvalue weighted by molar-refractivity contribution is 7.97. The first kappa shape index (κ1) is 33.8. The molecule has 232 valence electrons. The van der Waals surface area contributed by atoms with E-state index in [-0.39, 0.29) is 11.2 Å². The molecule has 42 heavy (non-hydrogen) atoms. The summed E-state index contributed by atoms with van der Waals surface area (Å²) in [6, 6.07) is 5.05. The van der Waals surface area contributed by atoms with Crippen LogP contribution in [0.5, 0.6) is 0 Å². The lowest BCUT2D eigenvalue weighted by Gasteiger charge is -2.47. The van der Waals surface area contributed by atoms with Crippen LogP contribution in [0.25, 0.3) is 0 Å². The molecule has 4 rings (SSSR count). The van der Waals surface area contributed by atoms with Crippen LogP contribution in [-0.2, 0) is 6.54 Å². The Hall–Kier alpha value is -2.71. The first-order chi connectivity index (χ1) is 20.0. The Labute approximate surface area is 259 Å². The van der Waals surface area contributed by atoms with E-state index in [9.17, 15) is 4.39 Å². The van der Waals surface area contributed by atoms with Gasteiger partial charge < -0.3 is 20.0 Å². The number of fused-ring (bicyclic) bond motifs is 1. The number of nitrogens with zero attached hydrogens (tertiary/aromatic N) is 5. The van der Waals surface area contributed by atoms with Crippen molar-refractivity contribution in [3.8, 4) is 0 Å². The van der Waals surface area contributed by atoms with Crippen LogP contribution in [0.3, 0.4) is 0 Å². The van der Waals surface area contributed by atoms with E-state index in [2.05, 4.69) is 73.8 Å². The Morgan fingerprint density at radius 1 is 1.07 bits per heavy atom. The van der Waals surface area contributed by atoms with E-state index in [0.29, 0.717) is 6.54 Å². The molecule has 1 aromatic carbocycles. The van der Waals surface area contributed by atoms with Gasteiger partial charge in [0.1, 0.15) is 11.7 Å². The van der Waals surface area contributed by atoms with Crippen molar-refractivity contribution in [3.63, 3.8) is 0 Å². The number of allylic oxidation sites excluding steroid dienone is 1. The van der Waals surface area contributed by atoms with E-state index >= 15 is 0 Å². The molecular weight excluding hydrogens is 543 g/mol. The zero-order valence-electron chi connectivity index (χ0n) is 27.2. The zero-order valence-corrected chi connectivity index (χ0v) is 28.0. The lowest BCUT2D eigenvalue weighted by molar-refractivity contribution is 0.195. The Kier molecular flexibility index (Phi) is 12.2. The molecule has 0 saturated carbocycles. The fourth-order valence-corrected chi connectivity index (χ4v) is 6.82. The molecule has 0 aromatic heterocycles. The van der Waals surface area contributed by atoms with E-state index in [0.717, 1.165) is 103 Å². The van der Waals surface area contributed by atoms with Crippen molar-refractivity contribution < 1.29 is 4.39 Å². The van der Waals surface area contributed by atoms with Gasteiger partial charge in [0.15, 0.2) is 0 Å². The van der Waals surface area contributed by atoms with Gasteiger partial charge >= 0.3 is 0 Å². The molecule has 2 fully saturated rings. The van der Waals surface area contributed by atoms with Crippen LogP contribution < -0.4 is 5.32 Å². The van der Waals surface area contributed by atoms with Crippen molar-refractivity contribution in [3.05, 3.63) is 77.8 Å². The van der Waals surface area contributed by atoms with Gasteiger partial charge in [-0.15, -0.1) is 0 Å². The summed E-state index contributed by atoms with van der Waals surface area (Å²) >= 11 is 1.63. The average Bonchev–Trinajstić information content (AvgIpc) is 2.98. The van der Waals surface area contributed by atoms with Gasteiger partial charge in [0.05, 0.1) is 17.2 Å². The minimum atomic E-state index is -0.221. The van der Waals surface area contributed by atoms with Crippen molar-refractivity contribution in [2.75, 3.05) is 46.8 Å². The Balaban J connectivity index is 0.00000155. The molecule has 0 radical (unpaired) electrons. The molecule has 2 saturated heterocycles. The Morgan fingerprint density at radius 2 is 1.71 bits per heavy atom. The SMILES string of the molecule is C=C(NCc1ccc(F)cc1SN1CCN(C(=C)N(C)C)CC1)C1=C(C)C(=C)N2CCCC(CC)(CC)C2=N1.CCC. The van der Waals surface area contributed by atoms with Crippen LogP contribution >= 0.6 is 11.9 Å². The fourth-order valence-electron chi connectivity index (χ4n) is 5.77. The fraction of sp³-hybridized carbons (Fsp3) is 0.559. The third-order valence-corrected chi connectivity index (χ3v) is 9.81. The van der Waals surface area contributed by atoms with Crippen LogP contribution in [-0.4, -0.2) is 71.7 Å². The largest absolute Gasteiger partial charge is 0.380 e. The van der Waals surface area contributed by atoms with Crippen LogP contribution in [0.15, 0.2) is 76.3 Å². The number of benzene rings is 1. The third kappa shape index (κ3) is 7.62. The van der Waals surface area contributed by atoms with Gasteiger partial charge in [-0.25, -0.2) is 13.7 Å². The number of nitrogens with one attached hydrogen (secondary N) is 1. The van der Waals surface area contributed by atoms with Crippen molar-refractivity contribution in [2.24, 2.45) is 10.4 Å². The van der Waals surface area contributed by atoms with Crippen molar-refractivity contribution in [2.45, 2.75) is 78.2 Å². The maximum absolute atomic E-state index is 14.3. The predicted octanol–water partition coefficient (Wildman–Crippen LogP) is 7.60. The van der Waals surface area contributed by atoms with E-state index in [1.807, 2.05) is 25.1 Å². The normalized spacial score (nSPS) is 18.6. The third-order valence-electron chi connectivity index (χ3n) is 8.61. The smallest absolute Gasteiger partial charge is 0.124 e. The number of amidine groups is 1. The summed E-state index contributed by atoms with van der Waals surface area (Å²) in [5.41, 5.74) is 4.87. The molecule has 0 unspecified atom stereocenters. The number of halogens is 1. The van der Waals surface area contributed by atoms with Gasteiger partial charge in [0.2, 0.25) is 0 Å². The van der Waals surface area contributed by atoms with E-state index in [1.54, 1.807) is 18.0 Å². The molecule has 0 atom stereocenters. The summed E-state index contributed by atoms with van der Waals surface area (Å²) in [5.74, 6) is 1.95. The number of piperidine rings is 1. The van der Waals surface area contributed by atoms with Gasteiger partial charge in [-0.2, -0.15) is 0 Å². The summed E-state index contributed by atoms with van der Waals surface area (Å²) in [5, 5.41) is 3.51. The summed E-state index contributed by atoms with van der Waals surface area (Å²) in [4.78, 5) is 12.8. The Morgan fingerprint density at radius 3 is 2.31 bits per heavy atom. The molecular formula is C34H53FN6S. The van der Waals surface area contributed by atoms with Crippen molar-refractivity contribution >= 4 is 17.8 Å². The first-order valence-corrected chi connectivity index (χ1v) is 16.3. The molecule has 0 spiro atoms. The minimum Gasteiger partial charge on any atom is -0.380 e. The van der Waals surface area contributed by atoms with Crippen LogP contribution in [0.2, 0.25) is 0 Å². The average molecular weight is 597 g/mol. The second-order valence-electron chi connectivity index (χ2n) is 11.7. The molecule has 1 aromatic rings. The predicted molar refractivity (Wildman–Crippen MR) is 178 cm³/mol. The molecule has 3 aliphatic heterocycles. The summed E-state index contributed by atoms with van der Waals surface area (Å²) in [7, 11) is 4.04. The van der Waals surface area contributed by atoms with Crippen LogP contribution in [0.1, 0.15) is 72.3 Å². The number of hydrogen-bond donors (Lipinski definition) is 1. The molecule has 6 nitrogen and oxygen atoms in total. The Bertz CT molecular complexity index is 1190. The number of piperazine rings is 1. The molecule has 8 heteroatoms. The highest BCUT2D eigenvalue weighted by Gasteiger charge is 2.42. The number of hydrogen-bond acceptors (Lipinski definition) is 7. The standard InChI is InChI=1S/C31H45FN6S.C3H8/c1-9-31(10-2)14-11-15-38-24(5)22(3)29(34-30(31)38)23(4)33-21-26-12-13-27(32)20-28(26)39-37-18-16-36(17-19-37)25(6)35(7)8;1-3-2/h12-13,20,33H,4-6,9-11,14-19,21H2,1-3,7-8H3;3H2,1-2H3. The topological polar surface area (TPSA) is 37.4 Å². The maximum atomic E-state index is 14.3. The molecule has 0 aliphatic carbocycles. The quantitative estimate of drug-likeness (QED) is 0.280. The van der Waals surface area contributed by atoms with Crippen molar-refractivity contribution in [1.82, 2.24) is 24.3 Å². The molecule has 1 N–H and O–H groups in total. The number of aliphatic imine (C=N–C) groups is 1. The lowest BCUT2D eigenvalue weighted by atomic mass is 9.73. The first-order valence-electron chi connectivity index (χ1n) is 15.5. The molecule has 0 bridgehead atoms. The van der Waals surface area contributed by atoms with Gasteiger partial charge in [-0.3, -0.25) is 0 Å². The van der Waals surface area contributed by atoms with Gasteiger partial charge in [0, 0.05) is 69.4 Å². The molecule has 0 amide bonds. The monoisotopic (exact) mass is 596 g/mol. The van der Waals surface area contributed by atoms with Gasteiger partial charge in [-0.05, 0) is 67.8 Å². The summed E-state index contributed by atoms with van der Waals surface area (Å²) in [6.07, 6.45) is 5.69. The highest BCUT2D eigenvalue weighted by atomic mass is 32.2. The molecule has 3 heterocycles. The summed E-state index contributed by atoms with van der Waals surface area (Å²) < 4.78 is 16.6. The maximum Gasteiger partial charge on any atom is 0.124 e. The zero-order chi connectivity index (χ0) is 31.0. The minimum absolute atomic E-state index is 0.0805. The van der Waals surface area contributed by atoms with E-state index in [4.69, 9.17) is 4.99 Å². The molecule has 3 aliphatic rings.